The van der Waals surface area contributed by atoms with E-state index in [1.807, 2.05) is 67.6 Å². The highest BCUT2D eigenvalue weighted by atomic mass is 16.1. The van der Waals surface area contributed by atoms with Gasteiger partial charge < -0.3 is 16.0 Å². The number of nitrogens with zero attached hydrogens (tertiary/aromatic N) is 3. The third-order valence-electron chi connectivity index (χ3n) is 4.30. The molecule has 30 heavy (non-hydrogen) atoms. The fraction of sp³-hybridized carbons (Fsp3) is 0.0435. The lowest BCUT2D eigenvalue weighted by atomic mass is 10.1. The Bertz CT molecular complexity index is 1160. The van der Waals surface area contributed by atoms with Crippen LogP contribution in [0.4, 0.5) is 28.4 Å². The Balaban J connectivity index is 1.46. The van der Waals surface area contributed by atoms with E-state index in [-0.39, 0.29) is 5.91 Å². The van der Waals surface area contributed by atoms with Crippen LogP contribution in [0, 0.1) is 6.92 Å². The Hall–Kier alpha value is -4.26. The number of hydrogen-bond donors (Lipinski definition) is 3. The highest BCUT2D eigenvalue weighted by Crippen LogP contribution is 2.21. The number of aryl methyl sites for hydroxylation is 1. The molecule has 2 aromatic carbocycles. The van der Waals surface area contributed by atoms with Gasteiger partial charge in [-0.05, 0) is 61.5 Å². The molecular weight excluding hydrogens is 376 g/mol. The van der Waals surface area contributed by atoms with Crippen molar-refractivity contribution in [2.24, 2.45) is 0 Å². The van der Waals surface area contributed by atoms with E-state index in [1.165, 1.54) is 0 Å². The van der Waals surface area contributed by atoms with E-state index in [9.17, 15) is 4.79 Å². The molecule has 7 nitrogen and oxygen atoms in total. The number of nitrogens with one attached hydrogen (secondary N) is 3. The molecule has 0 radical (unpaired) electrons. The highest BCUT2D eigenvalue weighted by molar-refractivity contribution is 6.05. The molecule has 0 saturated heterocycles. The number of anilines is 5. The number of hydrogen-bond acceptors (Lipinski definition) is 6. The van der Waals surface area contributed by atoms with Gasteiger partial charge in [0.15, 0.2) is 0 Å². The van der Waals surface area contributed by atoms with Crippen molar-refractivity contribution in [3.05, 3.63) is 96.6 Å². The third kappa shape index (κ3) is 4.96. The maximum atomic E-state index is 12.8. The van der Waals surface area contributed by atoms with Crippen LogP contribution in [-0.4, -0.2) is 21.1 Å². The molecule has 0 aliphatic heterocycles. The molecule has 3 N–H and O–H groups in total. The second-order valence-corrected chi connectivity index (χ2v) is 6.68. The van der Waals surface area contributed by atoms with E-state index in [1.54, 1.807) is 24.7 Å². The summed E-state index contributed by atoms with van der Waals surface area (Å²) in [5.74, 6) is -0.188. The third-order valence-corrected chi connectivity index (χ3v) is 4.30. The van der Waals surface area contributed by atoms with Crippen molar-refractivity contribution in [3.63, 3.8) is 0 Å². The Labute approximate surface area is 174 Å². The molecule has 148 valence electrons. The van der Waals surface area contributed by atoms with Gasteiger partial charge in [-0.25, -0.2) is 0 Å². The maximum Gasteiger partial charge on any atom is 0.255 e. The molecule has 0 bridgehead atoms. The quantitative estimate of drug-likeness (QED) is 0.428. The summed E-state index contributed by atoms with van der Waals surface area (Å²) >= 11 is 0. The van der Waals surface area contributed by atoms with E-state index in [2.05, 4.69) is 31.1 Å². The van der Waals surface area contributed by atoms with Crippen molar-refractivity contribution >= 4 is 34.3 Å². The summed E-state index contributed by atoms with van der Waals surface area (Å²) in [5.41, 5.74) is 5.57. The number of benzene rings is 2. The van der Waals surface area contributed by atoms with Crippen LogP contribution < -0.4 is 16.0 Å². The topological polar surface area (TPSA) is 91.8 Å². The van der Waals surface area contributed by atoms with Crippen molar-refractivity contribution in [1.82, 2.24) is 15.2 Å². The van der Waals surface area contributed by atoms with E-state index < -0.39 is 0 Å². The Morgan fingerprint density at radius 1 is 0.733 bits per heavy atom. The Morgan fingerprint density at radius 3 is 2.23 bits per heavy atom. The summed E-state index contributed by atoms with van der Waals surface area (Å²) in [6, 6.07) is 20.5. The molecule has 0 spiro atoms. The molecule has 2 heterocycles. The maximum absolute atomic E-state index is 12.8. The molecule has 0 fully saturated rings. The lowest BCUT2D eigenvalue weighted by molar-refractivity contribution is 0.102. The van der Waals surface area contributed by atoms with Crippen LogP contribution in [0.1, 0.15) is 16.1 Å². The van der Waals surface area contributed by atoms with Gasteiger partial charge in [0, 0.05) is 40.2 Å². The zero-order chi connectivity index (χ0) is 20.8. The van der Waals surface area contributed by atoms with Crippen LogP contribution in [0.2, 0.25) is 0 Å². The fourth-order valence-corrected chi connectivity index (χ4v) is 2.94. The van der Waals surface area contributed by atoms with E-state index >= 15 is 0 Å². The normalized spacial score (nSPS) is 10.3. The predicted octanol–water partition coefficient (Wildman–Crippen LogP) is 4.92. The largest absolute Gasteiger partial charge is 0.355 e. The first-order valence-electron chi connectivity index (χ1n) is 9.41. The Morgan fingerprint density at radius 2 is 1.43 bits per heavy atom. The molecule has 2 aromatic heterocycles. The predicted molar refractivity (Wildman–Crippen MR) is 118 cm³/mol. The summed E-state index contributed by atoms with van der Waals surface area (Å²) in [7, 11) is 0. The number of pyridine rings is 1. The van der Waals surface area contributed by atoms with Gasteiger partial charge in [0.1, 0.15) is 0 Å². The van der Waals surface area contributed by atoms with Crippen LogP contribution >= 0.6 is 0 Å². The summed E-state index contributed by atoms with van der Waals surface area (Å²) in [5, 5.41) is 17.1. The SMILES string of the molecule is Cc1cc(Nc2cccc(C(=O)Nc3cccc(Nc4ccnnc4)c3)c2)ccn1. The van der Waals surface area contributed by atoms with Crippen LogP contribution in [0.25, 0.3) is 0 Å². The summed E-state index contributed by atoms with van der Waals surface area (Å²) < 4.78 is 0. The number of rotatable bonds is 6. The molecular formula is C23H20N6O. The second kappa shape index (κ2) is 8.83. The Kier molecular flexibility index (Phi) is 5.61. The molecule has 1 amide bonds. The molecule has 0 aliphatic rings. The zero-order valence-electron chi connectivity index (χ0n) is 16.3. The minimum absolute atomic E-state index is 0.188. The molecule has 0 atom stereocenters. The van der Waals surface area contributed by atoms with Gasteiger partial charge >= 0.3 is 0 Å². The lowest BCUT2D eigenvalue weighted by Crippen LogP contribution is -2.12. The van der Waals surface area contributed by atoms with E-state index in [0.717, 1.165) is 28.4 Å². The van der Waals surface area contributed by atoms with Crippen molar-refractivity contribution in [1.29, 1.82) is 0 Å². The first-order valence-corrected chi connectivity index (χ1v) is 9.41. The average Bonchev–Trinajstić information content (AvgIpc) is 2.75. The molecule has 4 rings (SSSR count). The van der Waals surface area contributed by atoms with Crippen molar-refractivity contribution in [2.75, 3.05) is 16.0 Å². The van der Waals surface area contributed by atoms with Gasteiger partial charge in [-0.15, -0.1) is 0 Å². The monoisotopic (exact) mass is 396 g/mol. The fourth-order valence-electron chi connectivity index (χ4n) is 2.94. The van der Waals surface area contributed by atoms with Crippen molar-refractivity contribution in [2.45, 2.75) is 6.92 Å². The number of amides is 1. The lowest BCUT2D eigenvalue weighted by Gasteiger charge is -2.11. The van der Waals surface area contributed by atoms with Crippen LogP contribution in [0.5, 0.6) is 0 Å². The van der Waals surface area contributed by atoms with Gasteiger partial charge in [-0.2, -0.15) is 10.2 Å². The van der Waals surface area contributed by atoms with Crippen LogP contribution in [-0.2, 0) is 0 Å². The van der Waals surface area contributed by atoms with Crippen LogP contribution in [0.15, 0.2) is 85.3 Å². The smallest absolute Gasteiger partial charge is 0.255 e. The summed E-state index contributed by atoms with van der Waals surface area (Å²) in [4.78, 5) is 16.9. The number of aromatic nitrogens is 3. The first kappa shape index (κ1) is 19.1. The van der Waals surface area contributed by atoms with Crippen molar-refractivity contribution in [3.8, 4) is 0 Å². The van der Waals surface area contributed by atoms with Crippen LogP contribution in [0.3, 0.4) is 0 Å². The standard InChI is InChI=1S/C23H20N6O/c1-16-12-21(8-10-24-16)27-18-5-2-4-17(13-18)23(30)29-20-7-3-6-19(14-20)28-22-9-11-25-26-15-22/h2-15H,1H3,(H,24,27)(H,25,28)(H,29,30). The molecule has 0 saturated carbocycles. The minimum atomic E-state index is -0.188. The molecule has 4 aromatic rings. The molecule has 7 heteroatoms. The van der Waals surface area contributed by atoms with Gasteiger partial charge in [0.2, 0.25) is 0 Å². The summed E-state index contributed by atoms with van der Waals surface area (Å²) in [6.45, 7) is 1.93. The average molecular weight is 396 g/mol. The summed E-state index contributed by atoms with van der Waals surface area (Å²) in [6.07, 6.45) is 4.99. The number of carbonyl (C=O) groups is 1. The van der Waals surface area contributed by atoms with Gasteiger partial charge in [0.05, 0.1) is 18.1 Å². The highest BCUT2D eigenvalue weighted by Gasteiger charge is 2.08. The van der Waals surface area contributed by atoms with Crippen molar-refractivity contribution < 1.29 is 4.79 Å². The van der Waals surface area contributed by atoms with Gasteiger partial charge in [-0.3, -0.25) is 9.78 Å². The zero-order valence-corrected chi connectivity index (χ0v) is 16.3. The van der Waals surface area contributed by atoms with E-state index in [0.29, 0.717) is 11.3 Å². The second-order valence-electron chi connectivity index (χ2n) is 6.68. The van der Waals surface area contributed by atoms with E-state index in [4.69, 9.17) is 0 Å². The molecule has 0 aliphatic carbocycles. The molecule has 0 unspecified atom stereocenters. The minimum Gasteiger partial charge on any atom is -0.355 e. The van der Waals surface area contributed by atoms with Gasteiger partial charge in [0.25, 0.3) is 5.91 Å². The number of carbonyl (C=O) groups excluding carboxylic acids is 1. The van der Waals surface area contributed by atoms with Gasteiger partial charge in [-0.1, -0.05) is 12.1 Å². The first-order chi connectivity index (χ1) is 14.7.